The van der Waals surface area contributed by atoms with Gasteiger partial charge < -0.3 is 14.5 Å². The minimum absolute atomic E-state index is 0.106. The van der Waals surface area contributed by atoms with Crippen LogP contribution in [0.5, 0.6) is 0 Å². The van der Waals surface area contributed by atoms with Crippen molar-refractivity contribution in [1.82, 2.24) is 4.98 Å². The van der Waals surface area contributed by atoms with Crippen molar-refractivity contribution in [3.63, 3.8) is 0 Å². The smallest absolute Gasteiger partial charge is 0.338 e. The first-order valence-corrected chi connectivity index (χ1v) is 8.24. The minimum Gasteiger partial charge on any atom is -0.462 e. The van der Waals surface area contributed by atoms with Crippen LogP contribution in [0.25, 0.3) is 0 Å². The van der Waals surface area contributed by atoms with Crippen LogP contribution < -0.4 is 5.32 Å². The van der Waals surface area contributed by atoms with Crippen LogP contribution in [0.3, 0.4) is 0 Å². The van der Waals surface area contributed by atoms with Gasteiger partial charge >= 0.3 is 5.97 Å². The highest BCUT2D eigenvalue weighted by Gasteiger charge is 2.23. The molecule has 0 fully saturated rings. The van der Waals surface area contributed by atoms with Gasteiger partial charge in [0.25, 0.3) is 0 Å². The Balaban J connectivity index is 2.01. The number of aromatic nitrogens is 1. The standard InChI is InChI=1S/C19H24N2O4/c1-6-24-17(23)13-7-9-14(10-8-13)21-16(22)11-15-12(2)20-18(25-15)19(3,4)5/h7-10H,6,11H2,1-5H3,(H,21,22). The van der Waals surface area contributed by atoms with E-state index in [1.54, 1.807) is 31.2 Å². The zero-order valence-electron chi connectivity index (χ0n) is 15.3. The maximum absolute atomic E-state index is 12.2. The normalized spacial score (nSPS) is 11.2. The number of anilines is 1. The molecular formula is C19H24N2O4. The Morgan fingerprint density at radius 2 is 1.84 bits per heavy atom. The number of oxazole rings is 1. The maximum Gasteiger partial charge on any atom is 0.338 e. The van der Waals surface area contributed by atoms with Crippen LogP contribution in [0.1, 0.15) is 55.4 Å². The molecule has 0 aliphatic rings. The Morgan fingerprint density at radius 1 is 1.20 bits per heavy atom. The van der Waals surface area contributed by atoms with E-state index in [1.807, 2.05) is 27.7 Å². The average molecular weight is 344 g/mol. The number of nitrogens with one attached hydrogen (secondary N) is 1. The summed E-state index contributed by atoms with van der Waals surface area (Å²) in [6, 6.07) is 6.56. The highest BCUT2D eigenvalue weighted by molar-refractivity contribution is 5.93. The van der Waals surface area contributed by atoms with E-state index in [2.05, 4.69) is 10.3 Å². The number of nitrogens with zero attached hydrogens (tertiary/aromatic N) is 1. The van der Waals surface area contributed by atoms with Crippen LogP contribution in [0, 0.1) is 6.92 Å². The molecule has 0 spiro atoms. The largest absolute Gasteiger partial charge is 0.462 e. The summed E-state index contributed by atoms with van der Waals surface area (Å²) in [4.78, 5) is 28.2. The zero-order chi connectivity index (χ0) is 18.6. The Hall–Kier alpha value is -2.63. The highest BCUT2D eigenvalue weighted by atomic mass is 16.5. The monoisotopic (exact) mass is 344 g/mol. The molecule has 1 heterocycles. The Bertz CT molecular complexity index is 755. The third kappa shape index (κ3) is 4.92. The number of rotatable bonds is 5. The van der Waals surface area contributed by atoms with Crippen molar-refractivity contribution in [3.05, 3.63) is 47.2 Å². The highest BCUT2D eigenvalue weighted by Crippen LogP contribution is 2.24. The topological polar surface area (TPSA) is 81.4 Å². The predicted octanol–water partition coefficient (Wildman–Crippen LogP) is 3.64. The number of hydrogen-bond donors (Lipinski definition) is 1. The van der Waals surface area contributed by atoms with Crippen LogP contribution in [-0.4, -0.2) is 23.5 Å². The fourth-order valence-electron chi connectivity index (χ4n) is 2.17. The SMILES string of the molecule is CCOC(=O)c1ccc(NC(=O)Cc2oc(C(C)(C)C)nc2C)cc1. The van der Waals surface area contributed by atoms with Gasteiger partial charge in [-0.3, -0.25) is 4.79 Å². The van der Waals surface area contributed by atoms with Gasteiger partial charge in [0.2, 0.25) is 5.91 Å². The fraction of sp³-hybridized carbons (Fsp3) is 0.421. The van der Waals surface area contributed by atoms with E-state index in [1.165, 1.54) is 0 Å². The molecule has 0 radical (unpaired) electrons. The first kappa shape index (κ1) is 18.7. The van der Waals surface area contributed by atoms with Crippen molar-refractivity contribution in [2.45, 2.75) is 46.5 Å². The quantitative estimate of drug-likeness (QED) is 0.838. The molecule has 2 rings (SSSR count). The third-order valence-electron chi connectivity index (χ3n) is 3.54. The van der Waals surface area contributed by atoms with E-state index in [9.17, 15) is 9.59 Å². The summed E-state index contributed by atoms with van der Waals surface area (Å²) in [5.74, 6) is 0.591. The lowest BCUT2D eigenvalue weighted by Crippen LogP contribution is -2.15. The van der Waals surface area contributed by atoms with Crippen LogP contribution in [0.2, 0.25) is 0 Å². The number of esters is 1. The molecule has 1 N–H and O–H groups in total. The van der Waals surface area contributed by atoms with E-state index in [0.717, 1.165) is 5.69 Å². The predicted molar refractivity (Wildman–Crippen MR) is 94.7 cm³/mol. The summed E-state index contributed by atoms with van der Waals surface area (Å²) in [7, 11) is 0. The van der Waals surface area contributed by atoms with Crippen molar-refractivity contribution in [3.8, 4) is 0 Å². The first-order chi connectivity index (χ1) is 11.7. The van der Waals surface area contributed by atoms with Gasteiger partial charge in [-0.05, 0) is 38.1 Å². The van der Waals surface area contributed by atoms with Crippen LogP contribution in [0.4, 0.5) is 5.69 Å². The Morgan fingerprint density at radius 3 is 2.36 bits per heavy atom. The maximum atomic E-state index is 12.2. The second-order valence-electron chi connectivity index (χ2n) is 6.80. The number of aryl methyl sites for hydroxylation is 1. The molecule has 0 atom stereocenters. The van der Waals surface area contributed by atoms with E-state index in [4.69, 9.17) is 9.15 Å². The summed E-state index contributed by atoms with van der Waals surface area (Å²) in [5.41, 5.74) is 1.56. The molecular weight excluding hydrogens is 320 g/mol. The van der Waals surface area contributed by atoms with Gasteiger partial charge in [-0.25, -0.2) is 9.78 Å². The minimum atomic E-state index is -0.382. The van der Waals surface area contributed by atoms with Gasteiger partial charge in [0, 0.05) is 11.1 Å². The number of benzene rings is 1. The molecule has 2 aromatic rings. The molecule has 0 saturated heterocycles. The average Bonchev–Trinajstić information content (AvgIpc) is 2.89. The molecule has 1 amide bonds. The van der Waals surface area contributed by atoms with Crippen LogP contribution >= 0.6 is 0 Å². The summed E-state index contributed by atoms with van der Waals surface area (Å²) < 4.78 is 10.7. The van der Waals surface area contributed by atoms with E-state index < -0.39 is 0 Å². The molecule has 1 aromatic heterocycles. The Labute approximate surface area is 147 Å². The molecule has 0 aliphatic carbocycles. The zero-order valence-corrected chi connectivity index (χ0v) is 15.3. The number of ether oxygens (including phenoxy) is 1. The number of carbonyl (C=O) groups excluding carboxylic acids is 2. The molecule has 1 aromatic carbocycles. The van der Waals surface area contributed by atoms with Crippen LogP contribution in [-0.2, 0) is 21.4 Å². The molecule has 0 unspecified atom stereocenters. The van der Waals surface area contributed by atoms with Crippen LogP contribution in [0.15, 0.2) is 28.7 Å². The van der Waals surface area contributed by atoms with Crippen molar-refractivity contribution in [2.24, 2.45) is 0 Å². The summed E-state index contributed by atoms with van der Waals surface area (Å²) in [5, 5.41) is 2.78. The summed E-state index contributed by atoms with van der Waals surface area (Å²) >= 11 is 0. The second-order valence-corrected chi connectivity index (χ2v) is 6.80. The summed E-state index contributed by atoms with van der Waals surface area (Å²) in [6.45, 7) is 9.93. The van der Waals surface area contributed by atoms with E-state index in [-0.39, 0.29) is 23.7 Å². The van der Waals surface area contributed by atoms with Crippen molar-refractivity contribution >= 4 is 17.6 Å². The molecule has 134 valence electrons. The molecule has 0 aliphatic heterocycles. The first-order valence-electron chi connectivity index (χ1n) is 8.24. The fourth-order valence-corrected chi connectivity index (χ4v) is 2.17. The lowest BCUT2D eigenvalue weighted by atomic mass is 9.97. The van der Waals surface area contributed by atoms with Gasteiger partial charge in [-0.2, -0.15) is 0 Å². The lowest BCUT2D eigenvalue weighted by molar-refractivity contribution is -0.115. The lowest BCUT2D eigenvalue weighted by Gasteiger charge is -2.12. The van der Waals surface area contributed by atoms with Crippen molar-refractivity contribution < 1.29 is 18.7 Å². The van der Waals surface area contributed by atoms with Gasteiger partial charge in [0.1, 0.15) is 5.76 Å². The van der Waals surface area contributed by atoms with Gasteiger partial charge in [0.15, 0.2) is 5.89 Å². The Kier molecular flexibility index (Phi) is 5.62. The van der Waals surface area contributed by atoms with Crippen molar-refractivity contribution in [1.29, 1.82) is 0 Å². The molecule has 6 heteroatoms. The molecule has 0 bridgehead atoms. The van der Waals surface area contributed by atoms with Gasteiger partial charge in [-0.15, -0.1) is 0 Å². The molecule has 6 nitrogen and oxygen atoms in total. The van der Waals surface area contributed by atoms with Crippen molar-refractivity contribution in [2.75, 3.05) is 11.9 Å². The van der Waals surface area contributed by atoms with E-state index >= 15 is 0 Å². The molecule has 25 heavy (non-hydrogen) atoms. The van der Waals surface area contributed by atoms with Gasteiger partial charge in [0.05, 0.1) is 24.3 Å². The van der Waals surface area contributed by atoms with E-state index in [0.29, 0.717) is 29.5 Å². The summed E-state index contributed by atoms with van der Waals surface area (Å²) in [6.07, 6.45) is 0.106. The number of hydrogen-bond acceptors (Lipinski definition) is 5. The number of carbonyl (C=O) groups is 2. The van der Waals surface area contributed by atoms with Gasteiger partial charge in [-0.1, -0.05) is 20.8 Å². The number of amides is 1. The third-order valence-corrected chi connectivity index (χ3v) is 3.54. The molecule has 0 saturated carbocycles. The second kappa shape index (κ2) is 7.51.